The van der Waals surface area contributed by atoms with Gasteiger partial charge in [0.05, 0.1) is 22.7 Å². The number of aromatic nitrogens is 1. The van der Waals surface area contributed by atoms with E-state index in [2.05, 4.69) is 71.3 Å². The summed E-state index contributed by atoms with van der Waals surface area (Å²) in [5.41, 5.74) is 9.55. The summed E-state index contributed by atoms with van der Waals surface area (Å²) in [6.45, 7) is 0.135. The van der Waals surface area contributed by atoms with Gasteiger partial charge < -0.3 is 18.5 Å². The van der Waals surface area contributed by atoms with Crippen molar-refractivity contribution in [3.63, 3.8) is 0 Å². The van der Waals surface area contributed by atoms with Crippen molar-refractivity contribution in [2.45, 2.75) is 0 Å². The normalized spacial score (nSPS) is 12.4. The molecule has 5 nitrogen and oxygen atoms in total. The highest BCUT2D eigenvalue weighted by Gasteiger charge is 2.20. The number of hydrogen-bond donors (Lipinski definition) is 0. The minimum absolute atomic E-state index is 0.135. The van der Waals surface area contributed by atoms with E-state index in [1.54, 1.807) is 0 Å². The molecule has 2 aromatic heterocycles. The predicted molar refractivity (Wildman–Crippen MR) is 170 cm³/mol. The zero-order valence-corrected chi connectivity index (χ0v) is 22.9. The fraction of sp³-hybridized carbons (Fsp3) is 0.0263. The molecule has 0 atom stereocenters. The molecule has 6 aromatic carbocycles. The van der Waals surface area contributed by atoms with Crippen LogP contribution in [0.2, 0.25) is 0 Å². The third-order valence-electron chi connectivity index (χ3n) is 8.43. The summed E-state index contributed by atoms with van der Waals surface area (Å²) in [5.74, 6) is 1.53. The second-order valence-electron chi connectivity index (χ2n) is 10.8. The number of nitriles is 1. The maximum Gasteiger partial charge on any atom is 0.230 e. The van der Waals surface area contributed by atoms with Crippen LogP contribution < -0.4 is 9.47 Å². The van der Waals surface area contributed by atoms with Crippen molar-refractivity contribution in [3.05, 3.63) is 127 Å². The molecule has 1 aliphatic heterocycles. The molecule has 0 saturated carbocycles. The number of nitrogens with zero attached hydrogens (tertiary/aromatic N) is 2. The Morgan fingerprint density at radius 3 is 2.14 bits per heavy atom. The lowest BCUT2D eigenvalue weighted by Gasteiger charge is -2.13. The van der Waals surface area contributed by atoms with E-state index in [9.17, 15) is 5.26 Å². The van der Waals surface area contributed by atoms with E-state index in [4.69, 9.17) is 13.9 Å². The summed E-state index contributed by atoms with van der Waals surface area (Å²) < 4.78 is 20.5. The minimum Gasteiger partial charge on any atom is -0.457 e. The van der Waals surface area contributed by atoms with Gasteiger partial charge in [-0.1, -0.05) is 48.5 Å². The van der Waals surface area contributed by atoms with Crippen molar-refractivity contribution >= 4 is 43.7 Å². The number of para-hydroxylation sites is 2. The molecule has 202 valence electrons. The van der Waals surface area contributed by atoms with Crippen molar-refractivity contribution in [1.82, 2.24) is 4.57 Å². The van der Waals surface area contributed by atoms with Crippen LogP contribution in [0.1, 0.15) is 5.56 Å². The Bertz CT molecular complexity index is 2460. The maximum absolute atomic E-state index is 9.55. The zero-order valence-electron chi connectivity index (χ0n) is 22.9. The second-order valence-corrected chi connectivity index (χ2v) is 10.8. The van der Waals surface area contributed by atoms with Crippen LogP contribution in [0.3, 0.4) is 0 Å². The summed E-state index contributed by atoms with van der Waals surface area (Å²) >= 11 is 0. The standard InChI is InChI=1S/C38H22N2O3/c39-21-23-9-14-34-30(17-23)27-5-1-3-7-33(27)40(34)26-12-16-36-32(20-26)31-18-24(11-15-35(31)41-22-42-36)25-10-13-29-28-6-2-4-8-37(28)43-38(29)19-25/h1-20H,22H2. The number of ether oxygens (including phenoxy) is 2. The van der Waals surface area contributed by atoms with Gasteiger partial charge in [0, 0.05) is 38.4 Å². The van der Waals surface area contributed by atoms with Crippen molar-refractivity contribution in [2.75, 3.05) is 6.79 Å². The van der Waals surface area contributed by atoms with Crippen LogP contribution in [-0.4, -0.2) is 11.4 Å². The molecule has 0 amide bonds. The molecular weight excluding hydrogens is 532 g/mol. The van der Waals surface area contributed by atoms with Crippen LogP contribution >= 0.6 is 0 Å². The quantitative estimate of drug-likeness (QED) is 0.213. The molecule has 0 unspecified atom stereocenters. The molecule has 43 heavy (non-hydrogen) atoms. The summed E-state index contributed by atoms with van der Waals surface area (Å²) in [7, 11) is 0. The lowest BCUT2D eigenvalue weighted by molar-refractivity contribution is 0.125. The van der Waals surface area contributed by atoms with E-state index in [0.29, 0.717) is 5.56 Å². The molecule has 9 rings (SSSR count). The fourth-order valence-corrected chi connectivity index (χ4v) is 6.42. The largest absolute Gasteiger partial charge is 0.457 e. The molecule has 1 aliphatic rings. The molecule has 0 radical (unpaired) electrons. The summed E-state index contributed by atoms with van der Waals surface area (Å²) in [4.78, 5) is 0. The lowest BCUT2D eigenvalue weighted by Crippen LogP contribution is -2.03. The van der Waals surface area contributed by atoms with Crippen molar-refractivity contribution in [1.29, 1.82) is 5.26 Å². The summed E-state index contributed by atoms with van der Waals surface area (Å²) in [6.07, 6.45) is 0. The van der Waals surface area contributed by atoms with E-state index < -0.39 is 0 Å². The third kappa shape index (κ3) is 3.57. The molecule has 0 bridgehead atoms. The molecule has 0 spiro atoms. The molecule has 0 aliphatic carbocycles. The second kappa shape index (κ2) is 9.01. The van der Waals surface area contributed by atoms with Crippen molar-refractivity contribution in [2.24, 2.45) is 0 Å². The number of fused-ring (bicyclic) bond motifs is 9. The highest BCUT2D eigenvalue weighted by Crippen LogP contribution is 2.44. The monoisotopic (exact) mass is 554 g/mol. The smallest absolute Gasteiger partial charge is 0.230 e. The predicted octanol–water partition coefficient (Wildman–Crippen LogP) is 9.62. The minimum atomic E-state index is 0.135. The highest BCUT2D eigenvalue weighted by molar-refractivity contribution is 6.10. The van der Waals surface area contributed by atoms with E-state index in [0.717, 1.165) is 83.2 Å². The Morgan fingerprint density at radius 2 is 1.26 bits per heavy atom. The topological polar surface area (TPSA) is 60.3 Å². The Hall–Kier alpha value is -5.99. The van der Waals surface area contributed by atoms with Crippen LogP contribution in [0.25, 0.3) is 71.7 Å². The first-order valence-electron chi connectivity index (χ1n) is 14.1. The van der Waals surface area contributed by atoms with Gasteiger partial charge in [-0.25, -0.2) is 0 Å². The van der Waals surface area contributed by atoms with Crippen LogP contribution in [-0.2, 0) is 0 Å². The number of hydrogen-bond acceptors (Lipinski definition) is 4. The summed E-state index contributed by atoms with van der Waals surface area (Å²) in [6, 6.07) is 43.5. The molecule has 8 aromatic rings. The van der Waals surface area contributed by atoms with Gasteiger partial charge in [-0.3, -0.25) is 0 Å². The van der Waals surface area contributed by atoms with Crippen molar-refractivity contribution < 1.29 is 13.9 Å². The van der Waals surface area contributed by atoms with Crippen LogP contribution in [0.15, 0.2) is 126 Å². The first-order valence-corrected chi connectivity index (χ1v) is 14.1. The van der Waals surface area contributed by atoms with E-state index in [1.807, 2.05) is 60.7 Å². The highest BCUT2D eigenvalue weighted by atomic mass is 16.7. The lowest BCUT2D eigenvalue weighted by atomic mass is 9.96. The Kier molecular flexibility index (Phi) is 4.96. The molecule has 0 N–H and O–H groups in total. The van der Waals surface area contributed by atoms with Gasteiger partial charge in [0.2, 0.25) is 6.79 Å². The van der Waals surface area contributed by atoms with Gasteiger partial charge in [0.25, 0.3) is 0 Å². The van der Waals surface area contributed by atoms with E-state index >= 15 is 0 Å². The van der Waals surface area contributed by atoms with Gasteiger partial charge in [-0.15, -0.1) is 0 Å². The van der Waals surface area contributed by atoms with Gasteiger partial charge in [0.15, 0.2) is 0 Å². The molecule has 0 saturated heterocycles. The Morgan fingerprint density at radius 1 is 0.558 bits per heavy atom. The Labute approximate surface area is 246 Å². The average Bonchev–Trinajstić information content (AvgIpc) is 3.53. The van der Waals surface area contributed by atoms with Crippen LogP contribution in [0.5, 0.6) is 11.5 Å². The average molecular weight is 555 g/mol. The van der Waals surface area contributed by atoms with Gasteiger partial charge in [0.1, 0.15) is 22.7 Å². The SMILES string of the molecule is N#Cc1ccc2c(c1)c1ccccc1n2-c1ccc2c(c1)-c1cc(-c3ccc4c(c3)oc3ccccc34)ccc1OCO2. The van der Waals surface area contributed by atoms with Gasteiger partial charge >= 0.3 is 0 Å². The third-order valence-corrected chi connectivity index (χ3v) is 8.43. The number of benzene rings is 6. The molecular formula is C38H22N2O3. The zero-order chi connectivity index (χ0) is 28.5. The maximum atomic E-state index is 9.55. The number of furan rings is 1. The van der Waals surface area contributed by atoms with Gasteiger partial charge in [-0.2, -0.15) is 5.26 Å². The molecule has 0 fully saturated rings. The first kappa shape index (κ1) is 23.7. The fourth-order valence-electron chi connectivity index (χ4n) is 6.42. The molecule has 5 heteroatoms. The molecule has 3 heterocycles. The van der Waals surface area contributed by atoms with Crippen molar-refractivity contribution in [3.8, 4) is 45.5 Å². The van der Waals surface area contributed by atoms with E-state index in [1.165, 1.54) is 0 Å². The van der Waals surface area contributed by atoms with Crippen LogP contribution in [0, 0.1) is 11.3 Å². The van der Waals surface area contributed by atoms with Crippen LogP contribution in [0.4, 0.5) is 0 Å². The number of rotatable bonds is 2. The Balaban J connectivity index is 1.23. The van der Waals surface area contributed by atoms with Gasteiger partial charge in [-0.05, 0) is 83.9 Å². The summed E-state index contributed by atoms with van der Waals surface area (Å²) in [5, 5.41) is 13.9. The first-order chi connectivity index (χ1) is 21.2. The van der Waals surface area contributed by atoms with E-state index in [-0.39, 0.29) is 6.79 Å².